The normalized spacial score (nSPS) is 11.3. The molecule has 1 aromatic carbocycles. The summed E-state index contributed by atoms with van der Waals surface area (Å²) >= 11 is 0. The summed E-state index contributed by atoms with van der Waals surface area (Å²) < 4.78 is 38.7. The number of nitrogens with two attached hydrogens (primary N) is 1. The van der Waals surface area contributed by atoms with Crippen LogP contribution in [0.2, 0.25) is 19.6 Å². The Morgan fingerprint density at radius 3 is 2.32 bits per heavy atom. The van der Waals surface area contributed by atoms with Crippen LogP contribution < -0.4 is 15.7 Å². The first kappa shape index (κ1) is 18.8. The minimum absolute atomic E-state index is 0.177. The van der Waals surface area contributed by atoms with Gasteiger partial charge in [-0.2, -0.15) is 0 Å². The van der Waals surface area contributed by atoms with Crippen LogP contribution in [-0.2, 0) is 4.74 Å². The third-order valence-corrected chi connectivity index (χ3v) is 5.78. The number of halogens is 2. The fourth-order valence-electron chi connectivity index (χ4n) is 2.47. The second-order valence-electron chi connectivity index (χ2n) is 6.51. The van der Waals surface area contributed by atoms with Crippen LogP contribution in [0.1, 0.15) is 10.5 Å². The van der Waals surface area contributed by atoms with E-state index in [0.29, 0.717) is 5.19 Å². The summed E-state index contributed by atoms with van der Waals surface area (Å²) in [6, 6.07) is 4.39. The molecular formula is C17H20F2N2O3Si. The zero-order valence-corrected chi connectivity index (χ0v) is 15.7. The summed E-state index contributed by atoms with van der Waals surface area (Å²) in [5, 5.41) is 0.617. The molecule has 0 unspecified atom stereocenters. The van der Waals surface area contributed by atoms with Crippen LogP contribution in [0.15, 0.2) is 18.2 Å². The van der Waals surface area contributed by atoms with Crippen molar-refractivity contribution in [3.63, 3.8) is 0 Å². The number of hydrogen-bond donors (Lipinski definition) is 1. The Hall–Kier alpha value is -2.48. The summed E-state index contributed by atoms with van der Waals surface area (Å²) in [5.74, 6) is -2.37. The van der Waals surface area contributed by atoms with E-state index in [2.05, 4.69) is 9.72 Å². The minimum Gasteiger partial charge on any atom is -0.492 e. The number of aromatic nitrogens is 1. The van der Waals surface area contributed by atoms with E-state index in [0.717, 1.165) is 7.11 Å². The molecule has 2 N–H and O–H groups in total. The van der Waals surface area contributed by atoms with E-state index in [1.54, 1.807) is 12.1 Å². The summed E-state index contributed by atoms with van der Waals surface area (Å²) in [6.45, 7) is 6.01. The lowest BCUT2D eigenvalue weighted by Crippen LogP contribution is -2.39. The molecule has 0 saturated carbocycles. The van der Waals surface area contributed by atoms with Crippen LogP contribution in [0.5, 0.6) is 5.75 Å². The number of nitrogens with zero attached hydrogens (tertiary/aromatic N) is 1. The molecule has 2 rings (SSSR count). The Morgan fingerprint density at radius 1 is 1.20 bits per heavy atom. The van der Waals surface area contributed by atoms with Gasteiger partial charge in [0.1, 0.15) is 17.2 Å². The molecule has 134 valence electrons. The monoisotopic (exact) mass is 366 g/mol. The van der Waals surface area contributed by atoms with Gasteiger partial charge in [-0.05, 0) is 11.3 Å². The number of nitrogen functional groups attached to an aromatic ring is 1. The number of pyridine rings is 1. The fourth-order valence-corrected chi connectivity index (χ4v) is 3.84. The third kappa shape index (κ3) is 3.48. The molecule has 0 atom stereocenters. The van der Waals surface area contributed by atoms with E-state index in [4.69, 9.17) is 10.5 Å². The summed E-state index contributed by atoms with van der Waals surface area (Å²) in [5.41, 5.74) is 5.01. The largest absolute Gasteiger partial charge is 0.492 e. The van der Waals surface area contributed by atoms with Gasteiger partial charge in [0.15, 0.2) is 17.3 Å². The molecule has 0 aliphatic rings. The second kappa shape index (κ2) is 6.79. The van der Waals surface area contributed by atoms with Crippen molar-refractivity contribution >= 4 is 24.9 Å². The van der Waals surface area contributed by atoms with E-state index >= 15 is 0 Å². The van der Waals surface area contributed by atoms with Crippen LogP contribution in [0, 0.1) is 11.6 Å². The number of carbonyl (C=O) groups is 1. The molecule has 1 aromatic heterocycles. The Morgan fingerprint density at radius 2 is 1.84 bits per heavy atom. The van der Waals surface area contributed by atoms with Gasteiger partial charge in [0, 0.05) is 5.56 Å². The minimum atomic E-state index is -1.88. The maximum absolute atomic E-state index is 14.6. The van der Waals surface area contributed by atoms with Crippen LogP contribution in [0.3, 0.4) is 0 Å². The highest BCUT2D eigenvalue weighted by Crippen LogP contribution is 2.34. The smallest absolute Gasteiger partial charge is 0.360 e. The van der Waals surface area contributed by atoms with Gasteiger partial charge in [0.05, 0.1) is 22.3 Å². The molecule has 2 aromatic rings. The lowest BCUT2D eigenvalue weighted by molar-refractivity contribution is 0.0590. The average Bonchev–Trinajstić information content (AvgIpc) is 2.55. The lowest BCUT2D eigenvalue weighted by atomic mass is 10.1. The number of ether oxygens (including phenoxy) is 2. The summed E-state index contributed by atoms with van der Waals surface area (Å²) in [6.07, 6.45) is 0. The first-order valence-electron chi connectivity index (χ1n) is 7.53. The number of rotatable bonds is 4. The quantitative estimate of drug-likeness (QED) is 0.665. The van der Waals surface area contributed by atoms with Crippen LogP contribution in [0.25, 0.3) is 11.3 Å². The van der Waals surface area contributed by atoms with Crippen molar-refractivity contribution in [2.45, 2.75) is 19.6 Å². The Balaban J connectivity index is 2.69. The SMILES string of the molecule is COC(=O)c1nc(-c2ccc([Si](C)(C)C)c(F)c2)c(F)c(N)c1OC. The Labute approximate surface area is 145 Å². The molecule has 0 radical (unpaired) electrons. The predicted octanol–water partition coefficient (Wildman–Crippen LogP) is 2.95. The molecule has 25 heavy (non-hydrogen) atoms. The van der Waals surface area contributed by atoms with Crippen LogP contribution >= 0.6 is 0 Å². The van der Waals surface area contributed by atoms with Gasteiger partial charge in [0.2, 0.25) is 0 Å². The zero-order valence-electron chi connectivity index (χ0n) is 14.7. The van der Waals surface area contributed by atoms with Crippen molar-refractivity contribution in [1.82, 2.24) is 4.98 Å². The molecule has 5 nitrogen and oxygen atoms in total. The van der Waals surface area contributed by atoms with Gasteiger partial charge < -0.3 is 15.2 Å². The number of benzene rings is 1. The zero-order chi connectivity index (χ0) is 18.9. The number of anilines is 1. The first-order valence-corrected chi connectivity index (χ1v) is 11.0. The fraction of sp³-hybridized carbons (Fsp3) is 0.294. The highest BCUT2D eigenvalue weighted by atomic mass is 28.3. The molecule has 0 amide bonds. The maximum atomic E-state index is 14.6. The van der Waals surface area contributed by atoms with Crippen molar-refractivity contribution in [1.29, 1.82) is 0 Å². The van der Waals surface area contributed by atoms with Gasteiger partial charge >= 0.3 is 5.97 Å². The van der Waals surface area contributed by atoms with Gasteiger partial charge in [-0.15, -0.1) is 0 Å². The number of hydrogen-bond acceptors (Lipinski definition) is 5. The Bertz CT molecular complexity index is 836. The van der Waals surface area contributed by atoms with Gasteiger partial charge in [-0.3, -0.25) is 0 Å². The first-order chi connectivity index (χ1) is 11.6. The van der Waals surface area contributed by atoms with Crippen LogP contribution in [-0.4, -0.2) is 33.2 Å². The van der Waals surface area contributed by atoms with E-state index in [-0.39, 0.29) is 28.4 Å². The molecule has 1 heterocycles. The molecule has 0 fully saturated rings. The number of carbonyl (C=O) groups excluding carboxylic acids is 1. The van der Waals surface area contributed by atoms with E-state index < -0.39 is 25.7 Å². The highest BCUT2D eigenvalue weighted by Gasteiger charge is 2.26. The molecule has 0 saturated heterocycles. The third-order valence-electron chi connectivity index (χ3n) is 3.76. The predicted molar refractivity (Wildman–Crippen MR) is 94.9 cm³/mol. The lowest BCUT2D eigenvalue weighted by Gasteiger charge is -2.18. The molecular weight excluding hydrogens is 346 g/mol. The highest BCUT2D eigenvalue weighted by molar-refractivity contribution is 6.88. The molecule has 0 spiro atoms. The molecule has 0 aliphatic carbocycles. The van der Waals surface area contributed by atoms with E-state index in [1.807, 2.05) is 19.6 Å². The summed E-state index contributed by atoms with van der Waals surface area (Å²) in [4.78, 5) is 15.8. The summed E-state index contributed by atoms with van der Waals surface area (Å²) in [7, 11) is 0.512. The molecule has 0 aliphatic heterocycles. The van der Waals surface area contributed by atoms with Gasteiger partial charge in [-0.25, -0.2) is 18.6 Å². The maximum Gasteiger partial charge on any atom is 0.360 e. The number of esters is 1. The van der Waals surface area contributed by atoms with Crippen molar-refractivity contribution < 1.29 is 23.0 Å². The Kier molecular flexibility index (Phi) is 5.12. The van der Waals surface area contributed by atoms with Crippen molar-refractivity contribution in [3.05, 3.63) is 35.5 Å². The van der Waals surface area contributed by atoms with Gasteiger partial charge in [0.25, 0.3) is 0 Å². The van der Waals surface area contributed by atoms with Crippen molar-refractivity contribution in [2.24, 2.45) is 0 Å². The number of methoxy groups -OCH3 is 2. The second-order valence-corrected chi connectivity index (χ2v) is 11.5. The van der Waals surface area contributed by atoms with E-state index in [1.165, 1.54) is 13.2 Å². The average molecular weight is 366 g/mol. The topological polar surface area (TPSA) is 74.4 Å². The van der Waals surface area contributed by atoms with Crippen LogP contribution in [0.4, 0.5) is 14.5 Å². The van der Waals surface area contributed by atoms with Crippen molar-refractivity contribution in [2.75, 3.05) is 20.0 Å². The van der Waals surface area contributed by atoms with Gasteiger partial charge in [-0.1, -0.05) is 31.8 Å². The standard InChI is InChI=1S/C17H20F2N2O3Si/c1-23-16-13(20)12(19)14(21-15(16)17(22)24-2)9-6-7-11(10(18)8-9)25(3,4)5/h6-8H,1-5H3,(H2,20,21). The molecule has 8 heteroatoms. The van der Waals surface area contributed by atoms with E-state index in [9.17, 15) is 13.6 Å². The van der Waals surface area contributed by atoms with Crippen molar-refractivity contribution in [3.8, 4) is 17.0 Å². The molecule has 0 bridgehead atoms.